The first-order chi connectivity index (χ1) is 11.7. The molecule has 0 saturated carbocycles. The zero-order valence-electron chi connectivity index (χ0n) is 13.7. The van der Waals surface area contributed by atoms with Gasteiger partial charge < -0.3 is 9.47 Å². The number of ether oxygens (including phenoxy) is 2. The number of para-hydroxylation sites is 1. The lowest BCUT2D eigenvalue weighted by atomic mass is 9.96. The molecular formula is C19H19ClN2O2. The van der Waals surface area contributed by atoms with E-state index < -0.39 is 0 Å². The summed E-state index contributed by atoms with van der Waals surface area (Å²) in [6, 6.07) is 14.1. The predicted octanol–water partition coefficient (Wildman–Crippen LogP) is 4.63. The largest absolute Gasteiger partial charge is 0.493 e. The Hall–Kier alpha value is -2.20. The van der Waals surface area contributed by atoms with Gasteiger partial charge >= 0.3 is 0 Å². The van der Waals surface area contributed by atoms with Gasteiger partial charge in [0.1, 0.15) is 0 Å². The molecule has 0 saturated heterocycles. The maximum absolute atomic E-state index is 6.19. The van der Waals surface area contributed by atoms with Crippen molar-refractivity contribution < 1.29 is 9.47 Å². The monoisotopic (exact) mass is 342 g/mol. The van der Waals surface area contributed by atoms with Crippen LogP contribution in [0.2, 0.25) is 5.02 Å². The first kappa shape index (κ1) is 15.3. The Morgan fingerprint density at radius 2 is 2.04 bits per heavy atom. The van der Waals surface area contributed by atoms with Gasteiger partial charge in [-0.25, -0.2) is 0 Å². The fourth-order valence-corrected chi connectivity index (χ4v) is 3.53. The van der Waals surface area contributed by atoms with E-state index in [4.69, 9.17) is 26.2 Å². The Bertz CT molecular complexity index is 788. The number of methoxy groups -OCH3 is 1. The van der Waals surface area contributed by atoms with Gasteiger partial charge in [0, 0.05) is 23.4 Å². The van der Waals surface area contributed by atoms with Crippen molar-refractivity contribution in [2.75, 3.05) is 7.11 Å². The molecule has 0 bridgehead atoms. The molecule has 4 nitrogen and oxygen atoms in total. The highest BCUT2D eigenvalue weighted by molar-refractivity contribution is 6.30. The molecule has 2 aromatic carbocycles. The summed E-state index contributed by atoms with van der Waals surface area (Å²) in [6.45, 7) is 2.11. The van der Waals surface area contributed by atoms with Gasteiger partial charge in [-0.3, -0.25) is 5.01 Å². The number of rotatable bonds is 3. The molecule has 0 amide bonds. The molecule has 2 aromatic rings. The number of halogens is 1. The third kappa shape index (κ3) is 2.42. The van der Waals surface area contributed by atoms with Crippen LogP contribution >= 0.6 is 11.6 Å². The molecule has 0 aliphatic carbocycles. The Labute approximate surface area is 146 Å². The van der Waals surface area contributed by atoms with Crippen LogP contribution in [0.15, 0.2) is 47.6 Å². The van der Waals surface area contributed by atoms with Gasteiger partial charge in [0.05, 0.1) is 18.9 Å². The lowest BCUT2D eigenvalue weighted by Crippen LogP contribution is -2.39. The van der Waals surface area contributed by atoms with Gasteiger partial charge in [-0.1, -0.05) is 42.8 Å². The van der Waals surface area contributed by atoms with Crippen molar-refractivity contribution in [2.45, 2.75) is 32.0 Å². The van der Waals surface area contributed by atoms with Gasteiger partial charge in [0.15, 0.2) is 17.7 Å². The summed E-state index contributed by atoms with van der Waals surface area (Å²) in [5.74, 6) is 1.63. The molecule has 0 N–H and O–H groups in total. The number of hydrogen-bond donors (Lipinski definition) is 0. The molecule has 24 heavy (non-hydrogen) atoms. The second kappa shape index (κ2) is 6.02. The summed E-state index contributed by atoms with van der Waals surface area (Å²) in [5, 5.41) is 7.68. The Morgan fingerprint density at radius 1 is 1.25 bits per heavy atom. The molecule has 5 heteroatoms. The summed E-state index contributed by atoms with van der Waals surface area (Å²) >= 11 is 6.00. The zero-order valence-corrected chi connectivity index (χ0v) is 14.5. The maximum Gasteiger partial charge on any atom is 0.187 e. The average molecular weight is 343 g/mol. The van der Waals surface area contributed by atoms with Crippen molar-refractivity contribution in [3.05, 3.63) is 58.6 Å². The topological polar surface area (TPSA) is 34.1 Å². The van der Waals surface area contributed by atoms with Crippen LogP contribution in [-0.2, 0) is 0 Å². The van der Waals surface area contributed by atoms with Crippen LogP contribution in [0.3, 0.4) is 0 Å². The third-order valence-electron chi connectivity index (χ3n) is 4.61. The highest BCUT2D eigenvalue weighted by Gasteiger charge is 2.40. The van der Waals surface area contributed by atoms with E-state index in [2.05, 4.69) is 18.0 Å². The van der Waals surface area contributed by atoms with E-state index in [1.54, 1.807) is 7.11 Å². The second-order valence-corrected chi connectivity index (χ2v) is 6.45. The Kier molecular flexibility index (Phi) is 3.85. The van der Waals surface area contributed by atoms with Crippen LogP contribution in [0.5, 0.6) is 11.5 Å². The molecule has 2 heterocycles. The fraction of sp³-hybridized carbons (Fsp3) is 0.316. The maximum atomic E-state index is 6.19. The molecule has 0 unspecified atom stereocenters. The van der Waals surface area contributed by atoms with E-state index in [0.29, 0.717) is 0 Å². The van der Waals surface area contributed by atoms with E-state index in [1.807, 2.05) is 36.4 Å². The summed E-state index contributed by atoms with van der Waals surface area (Å²) in [4.78, 5) is 0. The van der Waals surface area contributed by atoms with Crippen molar-refractivity contribution in [3.8, 4) is 11.5 Å². The lowest BCUT2D eigenvalue weighted by Gasteiger charge is -2.38. The molecule has 2 atom stereocenters. The predicted molar refractivity (Wildman–Crippen MR) is 94.9 cm³/mol. The van der Waals surface area contributed by atoms with Gasteiger partial charge in [0.2, 0.25) is 0 Å². The third-order valence-corrected chi connectivity index (χ3v) is 4.86. The SMILES string of the molecule is CC[C@@H]1Oc2c(OC)cccc2[C@H]2CC(c3ccc(Cl)cc3)=NN12. The smallest absolute Gasteiger partial charge is 0.187 e. The van der Waals surface area contributed by atoms with Gasteiger partial charge in [0.25, 0.3) is 0 Å². The normalized spacial score (nSPS) is 21.6. The van der Waals surface area contributed by atoms with Gasteiger partial charge in [-0.2, -0.15) is 5.10 Å². The molecule has 124 valence electrons. The van der Waals surface area contributed by atoms with Crippen molar-refractivity contribution in [3.63, 3.8) is 0 Å². The quantitative estimate of drug-likeness (QED) is 0.815. The van der Waals surface area contributed by atoms with E-state index in [9.17, 15) is 0 Å². The van der Waals surface area contributed by atoms with Gasteiger partial charge in [-0.05, 0) is 23.8 Å². The summed E-state index contributed by atoms with van der Waals surface area (Å²) < 4.78 is 11.7. The van der Waals surface area contributed by atoms with Crippen LogP contribution in [0, 0.1) is 0 Å². The molecule has 2 aliphatic rings. The molecule has 4 rings (SSSR count). The number of nitrogens with zero attached hydrogens (tertiary/aromatic N) is 2. The lowest BCUT2D eigenvalue weighted by molar-refractivity contribution is -0.0206. The van der Waals surface area contributed by atoms with E-state index in [1.165, 1.54) is 0 Å². The standard InChI is InChI=1S/C19H19ClN2O2/c1-3-18-22-16(14-5-4-6-17(23-2)19(14)24-18)11-15(21-22)12-7-9-13(20)10-8-12/h4-10,16,18H,3,11H2,1-2H3/t16-,18+/m1/s1. The van der Waals surface area contributed by atoms with Crippen LogP contribution < -0.4 is 9.47 Å². The van der Waals surface area contributed by atoms with E-state index in [0.717, 1.165) is 46.2 Å². The highest BCUT2D eigenvalue weighted by atomic mass is 35.5. The first-order valence-electron chi connectivity index (χ1n) is 8.16. The number of hydrogen-bond acceptors (Lipinski definition) is 4. The zero-order chi connectivity index (χ0) is 16.7. The first-order valence-corrected chi connectivity index (χ1v) is 8.54. The van der Waals surface area contributed by atoms with Crippen LogP contribution in [0.1, 0.15) is 36.9 Å². The van der Waals surface area contributed by atoms with Crippen molar-refractivity contribution in [1.29, 1.82) is 0 Å². The highest BCUT2D eigenvalue weighted by Crippen LogP contribution is 2.47. The van der Waals surface area contributed by atoms with Gasteiger partial charge in [-0.15, -0.1) is 0 Å². The molecule has 0 fully saturated rings. The molecule has 0 radical (unpaired) electrons. The minimum Gasteiger partial charge on any atom is -0.493 e. The summed E-state index contributed by atoms with van der Waals surface area (Å²) in [5.41, 5.74) is 3.30. The number of benzene rings is 2. The van der Waals surface area contributed by atoms with E-state index in [-0.39, 0.29) is 12.3 Å². The Balaban J connectivity index is 1.74. The molecule has 2 aliphatic heterocycles. The second-order valence-electron chi connectivity index (χ2n) is 6.01. The number of fused-ring (bicyclic) bond motifs is 3. The van der Waals surface area contributed by atoms with Crippen LogP contribution in [-0.4, -0.2) is 24.1 Å². The number of hydrazone groups is 1. The van der Waals surface area contributed by atoms with Crippen molar-refractivity contribution in [2.24, 2.45) is 5.10 Å². The van der Waals surface area contributed by atoms with E-state index >= 15 is 0 Å². The molecule has 0 aromatic heterocycles. The molecular weight excluding hydrogens is 324 g/mol. The van der Waals surface area contributed by atoms with Crippen LogP contribution in [0.25, 0.3) is 0 Å². The minimum absolute atomic E-state index is 0.0800. The molecule has 0 spiro atoms. The Morgan fingerprint density at radius 3 is 2.75 bits per heavy atom. The average Bonchev–Trinajstić information content (AvgIpc) is 3.06. The van der Waals surface area contributed by atoms with Crippen molar-refractivity contribution in [1.82, 2.24) is 5.01 Å². The van der Waals surface area contributed by atoms with Crippen LogP contribution in [0.4, 0.5) is 0 Å². The van der Waals surface area contributed by atoms with Crippen molar-refractivity contribution >= 4 is 17.3 Å². The summed E-state index contributed by atoms with van der Waals surface area (Å²) in [6.07, 6.45) is 1.62. The fourth-order valence-electron chi connectivity index (χ4n) is 3.40. The summed E-state index contributed by atoms with van der Waals surface area (Å²) in [7, 11) is 1.68. The minimum atomic E-state index is -0.0800.